The third kappa shape index (κ3) is 3.94. The second-order valence-corrected chi connectivity index (χ2v) is 7.93. The van der Waals surface area contributed by atoms with Gasteiger partial charge in [-0.3, -0.25) is 4.68 Å². The van der Waals surface area contributed by atoms with Gasteiger partial charge in [-0.25, -0.2) is 0 Å². The number of halogens is 1. The predicted octanol–water partition coefficient (Wildman–Crippen LogP) is 5.00. The van der Waals surface area contributed by atoms with Gasteiger partial charge in [0, 0.05) is 30.0 Å². The van der Waals surface area contributed by atoms with Gasteiger partial charge in [-0.2, -0.15) is 10.4 Å². The average molecular weight is 406 g/mol. The fourth-order valence-corrected chi connectivity index (χ4v) is 4.20. The number of piperidine rings is 1. The third-order valence-electron chi connectivity index (χ3n) is 5.60. The molecule has 3 aromatic rings. The zero-order valence-electron chi connectivity index (χ0n) is 16.5. The summed E-state index contributed by atoms with van der Waals surface area (Å²) in [4.78, 5) is 2.46. The van der Waals surface area contributed by atoms with Gasteiger partial charge < -0.3 is 10.6 Å². The molecular formula is C23H24ClN5. The molecule has 0 unspecified atom stereocenters. The molecule has 0 spiro atoms. The predicted molar refractivity (Wildman–Crippen MR) is 118 cm³/mol. The fourth-order valence-electron chi connectivity index (χ4n) is 3.98. The molecule has 29 heavy (non-hydrogen) atoms. The number of benzene rings is 2. The van der Waals surface area contributed by atoms with Crippen molar-refractivity contribution in [2.75, 3.05) is 23.7 Å². The van der Waals surface area contributed by atoms with Crippen LogP contribution in [-0.4, -0.2) is 22.9 Å². The number of hydrogen-bond donors (Lipinski definition) is 1. The van der Waals surface area contributed by atoms with Crippen molar-refractivity contribution >= 4 is 23.1 Å². The van der Waals surface area contributed by atoms with Gasteiger partial charge in [0.2, 0.25) is 0 Å². The molecular weight excluding hydrogens is 382 g/mol. The van der Waals surface area contributed by atoms with Crippen LogP contribution in [-0.2, 0) is 6.54 Å². The summed E-state index contributed by atoms with van der Waals surface area (Å²) in [5, 5.41) is 14.0. The highest BCUT2D eigenvalue weighted by Gasteiger charge is 2.16. The Morgan fingerprint density at radius 3 is 2.48 bits per heavy atom. The maximum absolute atomic E-state index is 9.08. The number of nitrogens with zero attached hydrogens (tertiary/aromatic N) is 4. The Morgan fingerprint density at radius 1 is 1.10 bits per heavy atom. The minimum Gasteiger partial charge on any atom is -0.382 e. The first kappa shape index (κ1) is 19.4. The normalized spacial score (nSPS) is 14.0. The lowest BCUT2D eigenvalue weighted by molar-refractivity contribution is 0.577. The standard InChI is InChI=1S/C23H24ClN5/c1-16-22(18-7-8-19(14-25)21(24)13-18)23(26)27-29(16)15-17-5-9-20(10-6-17)28-11-3-2-4-12-28/h5-10,13H,2-4,11-12,15H2,1H3,(H2,26,27). The molecule has 6 heteroatoms. The third-order valence-corrected chi connectivity index (χ3v) is 5.91. The Bertz CT molecular complexity index is 1060. The van der Waals surface area contributed by atoms with Crippen LogP contribution in [0.5, 0.6) is 0 Å². The molecule has 0 aliphatic carbocycles. The maximum Gasteiger partial charge on any atom is 0.153 e. The monoisotopic (exact) mass is 405 g/mol. The van der Waals surface area contributed by atoms with E-state index in [2.05, 4.69) is 40.3 Å². The molecule has 1 fully saturated rings. The van der Waals surface area contributed by atoms with Crippen LogP contribution in [0.15, 0.2) is 42.5 Å². The lowest BCUT2D eigenvalue weighted by Crippen LogP contribution is -2.29. The number of nitrogen functional groups attached to an aromatic ring is 1. The summed E-state index contributed by atoms with van der Waals surface area (Å²) in [6.45, 7) is 4.95. The smallest absolute Gasteiger partial charge is 0.153 e. The zero-order valence-corrected chi connectivity index (χ0v) is 17.3. The van der Waals surface area contributed by atoms with Crippen LogP contribution in [0.25, 0.3) is 11.1 Å². The van der Waals surface area contributed by atoms with Crippen molar-refractivity contribution in [2.24, 2.45) is 0 Å². The van der Waals surface area contributed by atoms with E-state index < -0.39 is 0 Å². The number of anilines is 2. The van der Waals surface area contributed by atoms with Crippen LogP contribution < -0.4 is 10.6 Å². The van der Waals surface area contributed by atoms with Crippen molar-refractivity contribution in [1.29, 1.82) is 5.26 Å². The van der Waals surface area contributed by atoms with E-state index in [1.54, 1.807) is 12.1 Å². The SMILES string of the molecule is Cc1c(-c2ccc(C#N)c(Cl)c2)c(N)nn1Cc1ccc(N2CCCCC2)cc1. The molecule has 1 aliphatic heterocycles. The van der Waals surface area contributed by atoms with E-state index in [1.165, 1.54) is 30.5 Å². The van der Waals surface area contributed by atoms with Gasteiger partial charge in [0.25, 0.3) is 0 Å². The highest BCUT2D eigenvalue weighted by Crippen LogP contribution is 2.32. The number of nitriles is 1. The van der Waals surface area contributed by atoms with E-state index in [0.717, 1.165) is 29.9 Å². The molecule has 2 heterocycles. The molecule has 1 saturated heterocycles. The minimum atomic E-state index is 0.421. The molecule has 0 bridgehead atoms. The maximum atomic E-state index is 9.08. The topological polar surface area (TPSA) is 70.9 Å². The Balaban J connectivity index is 1.56. The van der Waals surface area contributed by atoms with Crippen LogP contribution in [0.4, 0.5) is 11.5 Å². The Labute approximate surface area is 176 Å². The molecule has 1 aromatic heterocycles. The second kappa shape index (κ2) is 8.18. The van der Waals surface area contributed by atoms with Gasteiger partial charge in [0.05, 0.1) is 17.1 Å². The van der Waals surface area contributed by atoms with Gasteiger partial charge in [0.15, 0.2) is 5.82 Å². The summed E-state index contributed by atoms with van der Waals surface area (Å²) in [5.41, 5.74) is 11.9. The van der Waals surface area contributed by atoms with Crippen LogP contribution >= 0.6 is 11.6 Å². The molecule has 0 amide bonds. The van der Waals surface area contributed by atoms with E-state index in [0.29, 0.717) is 22.9 Å². The molecule has 2 N–H and O–H groups in total. The van der Waals surface area contributed by atoms with Crippen LogP contribution in [0.1, 0.15) is 36.1 Å². The van der Waals surface area contributed by atoms with Crippen molar-refractivity contribution in [1.82, 2.24) is 9.78 Å². The molecule has 0 atom stereocenters. The van der Waals surface area contributed by atoms with Crippen molar-refractivity contribution in [3.8, 4) is 17.2 Å². The number of rotatable bonds is 4. The summed E-state index contributed by atoms with van der Waals surface area (Å²) in [7, 11) is 0. The van der Waals surface area contributed by atoms with Crippen molar-refractivity contribution < 1.29 is 0 Å². The largest absolute Gasteiger partial charge is 0.382 e. The summed E-state index contributed by atoms with van der Waals surface area (Å²) in [6.07, 6.45) is 3.88. The highest BCUT2D eigenvalue weighted by atomic mass is 35.5. The summed E-state index contributed by atoms with van der Waals surface area (Å²) in [5.74, 6) is 0.466. The van der Waals surface area contributed by atoms with Gasteiger partial charge >= 0.3 is 0 Å². The molecule has 4 rings (SSSR count). The molecule has 2 aromatic carbocycles. The lowest BCUT2D eigenvalue weighted by atomic mass is 10.0. The van der Waals surface area contributed by atoms with E-state index in [4.69, 9.17) is 22.6 Å². The lowest BCUT2D eigenvalue weighted by Gasteiger charge is -2.28. The number of nitrogens with two attached hydrogens (primary N) is 1. The summed E-state index contributed by atoms with van der Waals surface area (Å²) in [6, 6.07) is 16.2. The van der Waals surface area contributed by atoms with E-state index in [9.17, 15) is 0 Å². The van der Waals surface area contributed by atoms with Gasteiger partial charge in [0.1, 0.15) is 6.07 Å². The fraction of sp³-hybridized carbons (Fsp3) is 0.304. The Hall–Kier alpha value is -2.97. The van der Waals surface area contributed by atoms with Crippen LogP contribution in [0.2, 0.25) is 5.02 Å². The van der Waals surface area contributed by atoms with Crippen LogP contribution in [0.3, 0.4) is 0 Å². The van der Waals surface area contributed by atoms with Crippen molar-refractivity contribution in [3.05, 3.63) is 64.3 Å². The Kier molecular flexibility index (Phi) is 5.46. The Morgan fingerprint density at radius 2 is 1.83 bits per heavy atom. The molecule has 0 radical (unpaired) electrons. The van der Waals surface area contributed by atoms with Gasteiger partial charge in [-0.1, -0.05) is 29.8 Å². The molecule has 1 aliphatic rings. The first-order valence-corrected chi connectivity index (χ1v) is 10.3. The summed E-state index contributed by atoms with van der Waals surface area (Å²) >= 11 is 6.21. The van der Waals surface area contributed by atoms with E-state index in [1.807, 2.05) is 17.7 Å². The summed E-state index contributed by atoms with van der Waals surface area (Å²) < 4.78 is 1.92. The van der Waals surface area contributed by atoms with Crippen LogP contribution in [0, 0.1) is 18.3 Å². The first-order valence-electron chi connectivity index (χ1n) is 9.93. The molecule has 0 saturated carbocycles. The second-order valence-electron chi connectivity index (χ2n) is 7.52. The zero-order chi connectivity index (χ0) is 20.4. The minimum absolute atomic E-state index is 0.421. The van der Waals surface area contributed by atoms with E-state index >= 15 is 0 Å². The van der Waals surface area contributed by atoms with Gasteiger partial charge in [-0.05, 0) is 61.6 Å². The molecule has 5 nitrogen and oxygen atoms in total. The number of hydrogen-bond acceptors (Lipinski definition) is 4. The highest BCUT2D eigenvalue weighted by molar-refractivity contribution is 6.32. The number of aromatic nitrogens is 2. The van der Waals surface area contributed by atoms with Crippen molar-refractivity contribution in [2.45, 2.75) is 32.7 Å². The quantitative estimate of drug-likeness (QED) is 0.662. The first-order chi connectivity index (χ1) is 14.1. The van der Waals surface area contributed by atoms with Gasteiger partial charge in [-0.15, -0.1) is 0 Å². The average Bonchev–Trinajstić information content (AvgIpc) is 3.02. The van der Waals surface area contributed by atoms with Crippen molar-refractivity contribution in [3.63, 3.8) is 0 Å². The van der Waals surface area contributed by atoms with E-state index in [-0.39, 0.29) is 0 Å². The molecule has 148 valence electrons.